The number of alkyl halides is 4. The van der Waals surface area contributed by atoms with Crippen LogP contribution in [-0.4, -0.2) is 184 Å². The lowest BCUT2D eigenvalue weighted by molar-refractivity contribution is -0.628. The van der Waals surface area contributed by atoms with Crippen LogP contribution in [-0.2, 0) is 37.8 Å². The standard InChI is InChI=1S/C55H50ClN15O2S2.C43H42ClN15O2S2.4CH3Cl/c1-35-31-41(17-19-43(35)62-64-54-66(3)45-21-15-39(33-47(45)74-54)57-49(72)37-11-7-5-8-12-37)68-23-27-70(28-24-68)52-59-51(56)60-53(61-52)71-29-25-69(26-30-71)42-18-20-44(36(2)32-42)63-65-55-67(4)46-22-16-40(34-48(46)75-55)58-50(73)38-13-9-6-10-14-38;1-27(60)45-31-9-15-35-37(25-31)62-42(54(35)3)52-50-29-5-11-33(12-6-29)56-17-21-58(22-18-56)40-47-39(44)48-41(49-40)59-23-19-57(20-24-59)34-13-7-30(8-14-34)51-53-43-55(4)36-16-10-32(46-28(2)61)26-38(36)63-43;4*1-2/h5-22,31-34H,23-30H2,1-4H3;5-16,25-26H,17-24H2,1-4H3;4*1H3/p+4. The van der Waals surface area contributed by atoms with Gasteiger partial charge in [0.15, 0.2) is 0 Å². The smallest absolute Gasteiger partial charge is 0.368 e. The summed E-state index contributed by atoms with van der Waals surface area (Å²) in [6.45, 7) is 19.3. The monoisotopic (exact) mass is 2150 g/mol. The Kier molecular flexibility index (Phi) is 36.7. The van der Waals surface area contributed by atoms with E-state index in [-0.39, 0.29) is 34.2 Å². The average molecular weight is 2160 g/mol. The van der Waals surface area contributed by atoms with Gasteiger partial charge >= 0.3 is 20.5 Å². The number of hydrogen-bond acceptors (Lipinski definition) is 30. The summed E-state index contributed by atoms with van der Waals surface area (Å²) in [7, 11) is 7.86. The molecule has 4 N–H and O–H groups in total. The summed E-state index contributed by atoms with van der Waals surface area (Å²) >= 11 is 37.7. The first kappa shape index (κ1) is 106. The fourth-order valence-electron chi connectivity index (χ4n) is 16.9. The van der Waals surface area contributed by atoms with Crippen molar-refractivity contribution in [2.75, 3.05) is 191 Å². The molecule has 4 saturated heterocycles. The van der Waals surface area contributed by atoms with Crippen molar-refractivity contribution in [3.8, 4) is 0 Å². The van der Waals surface area contributed by atoms with Crippen LogP contribution in [0.3, 0.4) is 0 Å². The molecule has 0 atom stereocenters. The van der Waals surface area contributed by atoms with Crippen LogP contribution in [0, 0.1) is 13.8 Å². The van der Waals surface area contributed by atoms with E-state index in [0.717, 1.165) is 245 Å². The zero-order chi connectivity index (χ0) is 103. The summed E-state index contributed by atoms with van der Waals surface area (Å²) < 4.78 is 12.1. The summed E-state index contributed by atoms with van der Waals surface area (Å²) in [5, 5.41) is 51.8. The van der Waals surface area contributed by atoms with Crippen molar-refractivity contribution < 1.29 is 37.4 Å². The van der Waals surface area contributed by atoms with Crippen LogP contribution in [0.25, 0.3) is 40.9 Å². The minimum Gasteiger partial charge on any atom is -0.368 e. The molecule has 20 rings (SSSR count). The third-order valence-corrected chi connectivity index (χ3v) is 29.1. The van der Waals surface area contributed by atoms with Gasteiger partial charge in [-0.2, -0.15) is 29.9 Å². The zero-order valence-corrected chi connectivity index (χ0v) is 90.1. The van der Waals surface area contributed by atoms with Gasteiger partial charge in [0, 0.05) is 201 Å². The highest BCUT2D eigenvalue weighted by molar-refractivity contribution is 7.22. The second-order valence-electron chi connectivity index (χ2n) is 33.6. The maximum Gasteiger partial charge on any atom is 0.409 e. The fourth-order valence-corrected chi connectivity index (χ4v) is 21.2. The van der Waals surface area contributed by atoms with E-state index < -0.39 is 0 Å². The van der Waals surface area contributed by atoms with Gasteiger partial charge in [-0.05, 0) is 296 Å². The number of amides is 4. The van der Waals surface area contributed by atoms with E-state index in [9.17, 15) is 19.2 Å². The van der Waals surface area contributed by atoms with E-state index in [4.69, 9.17) is 33.2 Å². The molecule has 34 nitrogen and oxygen atoms in total. The Morgan fingerprint density at radius 2 is 0.534 bits per heavy atom. The number of nitrogens with zero attached hydrogens (tertiary/aromatic N) is 26. The van der Waals surface area contributed by atoms with Crippen molar-refractivity contribution in [1.29, 1.82) is 0 Å². The summed E-state index contributed by atoms with van der Waals surface area (Å²) in [5.74, 6) is 1.84. The number of benzene rings is 10. The molecule has 16 aromatic rings. The average Bonchev–Trinajstić information content (AvgIpc) is 1.71. The Balaban J connectivity index is 0.000000208. The molecular weight excluding hydrogens is 2050 g/mol. The lowest BCUT2D eigenvalue weighted by Gasteiger charge is -2.38. The molecule has 4 aliphatic heterocycles. The predicted molar refractivity (Wildman–Crippen MR) is 596 cm³/mol. The van der Waals surface area contributed by atoms with Gasteiger partial charge in [0.1, 0.15) is 44.8 Å². The maximum absolute atomic E-state index is 12.7. The van der Waals surface area contributed by atoms with Gasteiger partial charge in [-0.3, -0.25) is 19.2 Å². The molecule has 6 aromatic heterocycles. The highest BCUT2D eigenvalue weighted by Gasteiger charge is 2.31. The largest absolute Gasteiger partial charge is 0.409 e. The quantitative estimate of drug-likeness (QED) is 0.0278. The molecule has 146 heavy (non-hydrogen) atoms. The Labute approximate surface area is 891 Å². The van der Waals surface area contributed by atoms with Crippen LogP contribution in [0.15, 0.2) is 259 Å². The first-order valence-corrected chi connectivity index (χ1v) is 53.5. The Bertz CT molecular complexity index is 7010. The molecule has 0 unspecified atom stereocenters. The van der Waals surface area contributed by atoms with Crippen molar-refractivity contribution in [1.82, 2.24) is 29.9 Å². The number of hydrogen-bond donors (Lipinski definition) is 4. The number of azo groups is 4. The van der Waals surface area contributed by atoms with Crippen molar-refractivity contribution in [2.45, 2.75) is 27.7 Å². The minimum absolute atomic E-state index is 0.105. The normalized spacial score (nSPS) is 13.8. The molecular formula is C102H108Cl6N30O4S4+4. The molecule has 10 aromatic carbocycles. The molecule has 4 fully saturated rings. The first-order valence-electron chi connectivity index (χ1n) is 46.4. The van der Waals surface area contributed by atoms with E-state index >= 15 is 0 Å². The number of thiazole rings is 4. The fraction of sp³-hybridized carbons (Fsp3) is 0.275. The van der Waals surface area contributed by atoms with Crippen molar-refractivity contribution in [2.24, 2.45) is 69.1 Å². The van der Waals surface area contributed by atoms with Gasteiger partial charge in [0.25, 0.3) is 11.8 Å². The van der Waals surface area contributed by atoms with Crippen LogP contribution in [0.5, 0.6) is 0 Å². The van der Waals surface area contributed by atoms with E-state index in [2.05, 4.69) is 230 Å². The zero-order valence-electron chi connectivity index (χ0n) is 82.3. The molecule has 4 amide bonds. The summed E-state index contributed by atoms with van der Waals surface area (Å²) in [5.41, 5.74) is 17.9. The first-order chi connectivity index (χ1) is 71.0. The van der Waals surface area contributed by atoms with Crippen LogP contribution in [0.4, 0.5) is 113 Å². The van der Waals surface area contributed by atoms with E-state index in [0.29, 0.717) is 34.9 Å². The van der Waals surface area contributed by atoms with Crippen LogP contribution in [0.2, 0.25) is 10.6 Å². The van der Waals surface area contributed by atoms with E-state index in [1.807, 2.05) is 192 Å². The lowest BCUT2D eigenvalue weighted by Crippen LogP contribution is -2.48. The second kappa shape index (κ2) is 50.3. The van der Waals surface area contributed by atoms with E-state index in [1.165, 1.54) is 84.7 Å². The van der Waals surface area contributed by atoms with Gasteiger partial charge in [0.05, 0.1) is 67.4 Å². The van der Waals surface area contributed by atoms with Crippen LogP contribution >= 0.6 is 115 Å². The summed E-state index contributed by atoms with van der Waals surface area (Å²) in [4.78, 5) is 94.6. The Morgan fingerprint density at radius 1 is 0.288 bits per heavy atom. The van der Waals surface area contributed by atoms with Gasteiger partial charge < -0.3 is 60.5 Å². The third-order valence-electron chi connectivity index (χ3n) is 24.4. The molecule has 0 radical (unpaired) electrons. The second-order valence-corrected chi connectivity index (χ2v) is 38.3. The maximum atomic E-state index is 12.7. The topological polar surface area (TPSA) is 334 Å². The number of aromatic nitrogens is 10. The minimum atomic E-state index is -0.151. The lowest BCUT2D eigenvalue weighted by atomic mass is 10.1. The molecule has 4 aliphatic rings. The molecule has 0 spiro atoms. The summed E-state index contributed by atoms with van der Waals surface area (Å²) in [6.07, 6.45) is 5.89. The van der Waals surface area contributed by atoms with Gasteiger partial charge in [-0.1, -0.05) is 36.4 Å². The summed E-state index contributed by atoms with van der Waals surface area (Å²) in [6, 6.07) is 70.5. The molecule has 752 valence electrons. The number of aryl methyl sites for hydroxylation is 6. The predicted octanol–water partition coefficient (Wildman–Crippen LogP) is 22.6. The number of anilines is 12. The highest BCUT2D eigenvalue weighted by Crippen LogP contribution is 2.39. The van der Waals surface area contributed by atoms with Gasteiger partial charge in [0.2, 0.25) is 46.2 Å². The number of carbonyl (C=O) groups excluding carboxylic acids is 4. The van der Waals surface area contributed by atoms with Crippen molar-refractivity contribution in [3.63, 3.8) is 0 Å². The van der Waals surface area contributed by atoms with Crippen molar-refractivity contribution >= 4 is 292 Å². The van der Waals surface area contributed by atoms with Gasteiger partial charge in [-0.15, -0.1) is 46.4 Å². The number of carbonyl (C=O) groups is 4. The molecule has 0 aliphatic carbocycles. The van der Waals surface area contributed by atoms with Crippen LogP contribution < -0.4 is 78.7 Å². The number of piperazine rings is 4. The van der Waals surface area contributed by atoms with Crippen LogP contribution in [0.1, 0.15) is 45.7 Å². The van der Waals surface area contributed by atoms with Crippen molar-refractivity contribution in [3.05, 3.63) is 251 Å². The molecule has 0 bridgehead atoms. The third kappa shape index (κ3) is 26.2. The Morgan fingerprint density at radius 3 is 0.801 bits per heavy atom. The number of nitrogens with one attached hydrogen (secondary N) is 4. The SMILES string of the molecule is CC(=O)Nc1ccc2c(c1)sc(N=Nc1ccc(N3CCN(c4nc(Cl)nc(N5CCN(c6ccc(N=Nc7sc8cc(NC(C)=O)ccc8[n+]7C)cc6)CC5)n4)CC3)cc1)[n+]2C.CCl.CCl.CCl.CCl.Cc1cc(N2CCN(c3nc(Cl)nc(N4CCN(c5ccc(N=Nc6sc7cc(NC(=O)c8ccccc8)ccc7[n+]6C)c(C)c5)CC4)n3)CC2)ccc1N=Nc1sc2cc(NC(=O)c3ccccc3)ccc2[n+]1C. The Hall–Kier alpha value is -13.8. The number of halogens is 6. The van der Waals surface area contributed by atoms with E-state index in [1.54, 1.807) is 24.3 Å². The highest BCUT2D eigenvalue weighted by atomic mass is 35.5. The number of rotatable bonds is 22. The molecule has 10 heterocycles. The van der Waals surface area contributed by atoms with Gasteiger partial charge in [-0.25, -0.2) is 18.3 Å². The molecule has 0 saturated carbocycles. The molecule has 44 heteroatoms. The number of fused-ring (bicyclic) bond motifs is 4.